The van der Waals surface area contributed by atoms with E-state index in [1.807, 2.05) is 27.7 Å². The van der Waals surface area contributed by atoms with Crippen molar-refractivity contribution in [1.82, 2.24) is 0 Å². The summed E-state index contributed by atoms with van der Waals surface area (Å²) in [5, 5.41) is 2.63. The minimum absolute atomic E-state index is 0.0776. The van der Waals surface area contributed by atoms with Gasteiger partial charge in [-0.25, -0.2) is 13.2 Å². The Morgan fingerprint density at radius 1 is 1.11 bits per heavy atom. The van der Waals surface area contributed by atoms with Gasteiger partial charge in [-0.1, -0.05) is 6.07 Å². The molecule has 0 radical (unpaired) electrons. The molecule has 9 heteroatoms. The second-order valence-corrected chi connectivity index (χ2v) is 10.8. The molecule has 1 aromatic rings. The lowest BCUT2D eigenvalue weighted by Crippen LogP contribution is -2.41. The minimum Gasteiger partial charge on any atom is -0.444 e. The molecule has 1 heterocycles. The molecule has 0 saturated carbocycles. The molecule has 0 spiro atoms. The van der Waals surface area contributed by atoms with Gasteiger partial charge in [0.1, 0.15) is 5.60 Å². The number of carbonyl (C=O) groups is 1. The van der Waals surface area contributed by atoms with Crippen LogP contribution in [0.3, 0.4) is 0 Å². The molecule has 0 aliphatic carbocycles. The summed E-state index contributed by atoms with van der Waals surface area (Å²) in [7, 11) is -4.21. The van der Waals surface area contributed by atoms with Gasteiger partial charge in [-0.3, -0.25) is 5.32 Å². The van der Waals surface area contributed by atoms with Crippen LogP contribution < -0.4 is 10.8 Å². The second-order valence-electron chi connectivity index (χ2n) is 8.74. The van der Waals surface area contributed by atoms with Gasteiger partial charge in [-0.05, 0) is 60.6 Å². The van der Waals surface area contributed by atoms with Crippen LogP contribution in [0.2, 0.25) is 0 Å². The second kappa shape index (κ2) is 6.79. The molecule has 1 saturated heterocycles. The van der Waals surface area contributed by atoms with Crippen molar-refractivity contribution < 1.29 is 27.3 Å². The minimum atomic E-state index is -3.46. The zero-order valence-corrected chi connectivity index (χ0v) is 18.0. The predicted molar refractivity (Wildman–Crippen MR) is 105 cm³/mol. The first-order valence-electron chi connectivity index (χ1n) is 8.71. The molecule has 0 unspecified atom stereocenters. The Kier molecular flexibility index (Phi) is 5.46. The van der Waals surface area contributed by atoms with Crippen LogP contribution in [0.25, 0.3) is 0 Å². The van der Waals surface area contributed by atoms with Gasteiger partial charge in [0.05, 0.1) is 16.1 Å². The summed E-state index contributed by atoms with van der Waals surface area (Å²) in [5.74, 6) is 0. The molecular weight excluding hydrogens is 369 g/mol. The lowest BCUT2D eigenvalue weighted by Gasteiger charge is -2.32. The van der Waals surface area contributed by atoms with Gasteiger partial charge in [0.15, 0.2) is 9.84 Å². The quantitative estimate of drug-likeness (QED) is 0.789. The average Bonchev–Trinajstić information content (AvgIpc) is 2.63. The molecule has 1 amide bonds. The van der Waals surface area contributed by atoms with Crippen molar-refractivity contribution in [3.8, 4) is 0 Å². The summed E-state index contributed by atoms with van der Waals surface area (Å²) in [6, 6.07) is 4.45. The molecule has 1 fully saturated rings. The molecule has 2 rings (SSSR count). The molecule has 27 heavy (non-hydrogen) atoms. The molecule has 1 aromatic carbocycles. The van der Waals surface area contributed by atoms with Gasteiger partial charge in [0.25, 0.3) is 0 Å². The average molecular weight is 397 g/mol. The Balaban J connectivity index is 2.44. The van der Waals surface area contributed by atoms with Crippen molar-refractivity contribution in [1.29, 1.82) is 0 Å². The zero-order valence-electron chi connectivity index (χ0n) is 17.2. The summed E-state index contributed by atoms with van der Waals surface area (Å²) in [6.07, 6.45) is 0.416. The van der Waals surface area contributed by atoms with Gasteiger partial charge < -0.3 is 14.0 Å². The Morgan fingerprint density at radius 2 is 1.63 bits per heavy atom. The summed E-state index contributed by atoms with van der Waals surface area (Å²) in [5.41, 5.74) is -1.05. The third kappa shape index (κ3) is 5.03. The highest BCUT2D eigenvalue weighted by molar-refractivity contribution is 7.90. The van der Waals surface area contributed by atoms with Crippen molar-refractivity contribution in [3.63, 3.8) is 0 Å². The normalized spacial score (nSPS) is 19.0. The van der Waals surface area contributed by atoms with Crippen molar-refractivity contribution >= 4 is 34.2 Å². The topological polar surface area (TPSA) is 90.9 Å². The number of ether oxygens (including phenoxy) is 1. The standard InChI is InChI=1S/C18H28BNO6S/c1-16(2,3)24-15(21)20-14-11-12(27(8,22)23)9-10-13(14)19-25-17(4,5)18(6,7)26-19/h9-11H,1-8H3,(H,20,21). The third-order valence-electron chi connectivity index (χ3n) is 4.60. The molecule has 0 bridgehead atoms. The van der Waals surface area contributed by atoms with Crippen LogP contribution in [-0.4, -0.2) is 44.7 Å². The Bertz CT molecular complexity index is 826. The van der Waals surface area contributed by atoms with Gasteiger partial charge in [0, 0.05) is 17.4 Å². The van der Waals surface area contributed by atoms with E-state index in [-0.39, 0.29) is 10.6 Å². The van der Waals surface area contributed by atoms with E-state index in [2.05, 4.69) is 5.32 Å². The Hall–Kier alpha value is -1.58. The first kappa shape index (κ1) is 21.7. The van der Waals surface area contributed by atoms with E-state index in [1.165, 1.54) is 12.1 Å². The molecule has 0 aromatic heterocycles. The summed E-state index contributed by atoms with van der Waals surface area (Å²) in [6.45, 7) is 12.9. The fourth-order valence-corrected chi connectivity index (χ4v) is 3.11. The SMILES string of the molecule is CC(C)(C)OC(=O)Nc1cc(S(C)(=O)=O)ccc1B1OC(C)(C)C(C)(C)O1. The van der Waals surface area contributed by atoms with E-state index in [9.17, 15) is 13.2 Å². The number of hydrogen-bond acceptors (Lipinski definition) is 6. The molecule has 0 atom stereocenters. The van der Waals surface area contributed by atoms with Crippen LogP contribution in [-0.2, 0) is 23.9 Å². The van der Waals surface area contributed by atoms with Gasteiger partial charge in [-0.15, -0.1) is 0 Å². The van der Waals surface area contributed by atoms with E-state index >= 15 is 0 Å². The summed E-state index contributed by atoms with van der Waals surface area (Å²) >= 11 is 0. The van der Waals surface area contributed by atoms with Crippen molar-refractivity contribution in [2.75, 3.05) is 11.6 Å². The van der Waals surface area contributed by atoms with Crippen molar-refractivity contribution in [2.24, 2.45) is 0 Å². The van der Waals surface area contributed by atoms with Crippen LogP contribution in [0.15, 0.2) is 23.1 Å². The smallest absolute Gasteiger partial charge is 0.444 e. The highest BCUT2D eigenvalue weighted by Crippen LogP contribution is 2.37. The highest BCUT2D eigenvalue weighted by atomic mass is 32.2. The lowest BCUT2D eigenvalue weighted by molar-refractivity contribution is 0.00578. The van der Waals surface area contributed by atoms with Crippen molar-refractivity contribution in [3.05, 3.63) is 18.2 Å². The Labute approximate surface area is 161 Å². The molecule has 150 valence electrons. The monoisotopic (exact) mass is 397 g/mol. The first-order valence-corrected chi connectivity index (χ1v) is 10.6. The molecule has 7 nitrogen and oxygen atoms in total. The number of anilines is 1. The van der Waals surface area contributed by atoms with E-state index in [4.69, 9.17) is 14.0 Å². The van der Waals surface area contributed by atoms with Crippen LogP contribution in [0, 0.1) is 0 Å². The number of benzene rings is 1. The van der Waals surface area contributed by atoms with Crippen LogP contribution in [0.1, 0.15) is 48.5 Å². The van der Waals surface area contributed by atoms with Crippen molar-refractivity contribution in [2.45, 2.75) is 70.2 Å². The van der Waals surface area contributed by atoms with E-state index in [0.717, 1.165) is 6.26 Å². The van der Waals surface area contributed by atoms with E-state index < -0.39 is 39.9 Å². The van der Waals surface area contributed by atoms with E-state index in [1.54, 1.807) is 26.8 Å². The fraction of sp³-hybridized carbons (Fsp3) is 0.611. The third-order valence-corrected chi connectivity index (χ3v) is 5.71. The summed E-state index contributed by atoms with van der Waals surface area (Å²) in [4.78, 5) is 12.3. The summed E-state index contributed by atoms with van der Waals surface area (Å²) < 4.78 is 41.2. The Morgan fingerprint density at radius 3 is 2.07 bits per heavy atom. The lowest BCUT2D eigenvalue weighted by atomic mass is 9.78. The van der Waals surface area contributed by atoms with Gasteiger partial charge in [0.2, 0.25) is 0 Å². The largest absolute Gasteiger partial charge is 0.496 e. The fourth-order valence-electron chi connectivity index (χ4n) is 2.46. The number of amides is 1. The maximum Gasteiger partial charge on any atom is 0.496 e. The number of rotatable bonds is 3. The number of carbonyl (C=O) groups excluding carboxylic acids is 1. The maximum absolute atomic E-state index is 12.2. The number of nitrogens with one attached hydrogen (secondary N) is 1. The van der Waals surface area contributed by atoms with Crippen LogP contribution in [0.4, 0.5) is 10.5 Å². The number of hydrogen-bond donors (Lipinski definition) is 1. The van der Waals surface area contributed by atoms with Crippen LogP contribution in [0.5, 0.6) is 0 Å². The number of sulfone groups is 1. The molecule has 1 aliphatic heterocycles. The van der Waals surface area contributed by atoms with Crippen LogP contribution >= 0.6 is 0 Å². The van der Waals surface area contributed by atoms with Gasteiger partial charge >= 0.3 is 13.2 Å². The highest BCUT2D eigenvalue weighted by Gasteiger charge is 2.52. The molecule has 1 aliphatic rings. The molecule has 1 N–H and O–H groups in total. The van der Waals surface area contributed by atoms with E-state index in [0.29, 0.717) is 5.46 Å². The zero-order chi connectivity index (χ0) is 20.8. The first-order chi connectivity index (χ1) is 12.0. The predicted octanol–water partition coefficient (Wildman–Crippen LogP) is 2.74. The maximum atomic E-state index is 12.2. The molecular formula is C18H28BNO6S. The van der Waals surface area contributed by atoms with Gasteiger partial charge in [-0.2, -0.15) is 0 Å².